The van der Waals surface area contributed by atoms with Crippen LogP contribution in [-0.4, -0.2) is 57.6 Å². The molecule has 0 aliphatic rings. The number of benzene rings is 3. The Morgan fingerprint density at radius 1 is 1.00 bits per heavy atom. The van der Waals surface area contributed by atoms with Crippen LogP contribution in [0, 0.1) is 0 Å². The molecular weight excluding hydrogens is 561 g/mol. The molecule has 3 rings (SSSR count). The highest BCUT2D eigenvalue weighted by Crippen LogP contribution is 2.26. The van der Waals surface area contributed by atoms with E-state index in [1.54, 1.807) is 49.4 Å². The highest BCUT2D eigenvalue weighted by atomic mass is 35.5. The SMILES string of the molecule is CCNC(=O)C(Cc1ccccc1)N(Cc1ccc(Cl)cc1Cl)C(=O)CN(c1ccc(OC)cc1)S(C)(=O)=O. The van der Waals surface area contributed by atoms with E-state index in [-0.39, 0.29) is 24.6 Å². The summed E-state index contributed by atoms with van der Waals surface area (Å²) in [6.45, 7) is 1.58. The van der Waals surface area contributed by atoms with Gasteiger partial charge in [-0.25, -0.2) is 8.42 Å². The van der Waals surface area contributed by atoms with Crippen molar-refractivity contribution in [2.24, 2.45) is 0 Å². The van der Waals surface area contributed by atoms with Gasteiger partial charge in [0.25, 0.3) is 0 Å². The second-order valence-corrected chi connectivity index (χ2v) is 11.6. The molecule has 0 aliphatic carbocycles. The summed E-state index contributed by atoms with van der Waals surface area (Å²) in [4.78, 5) is 28.7. The van der Waals surface area contributed by atoms with Crippen LogP contribution in [0.4, 0.5) is 5.69 Å². The maximum absolute atomic E-state index is 14.0. The molecule has 0 saturated carbocycles. The minimum atomic E-state index is -3.87. The average Bonchev–Trinajstić information content (AvgIpc) is 2.90. The topological polar surface area (TPSA) is 96.0 Å². The highest BCUT2D eigenvalue weighted by Gasteiger charge is 2.33. The van der Waals surface area contributed by atoms with Crippen LogP contribution in [0.3, 0.4) is 0 Å². The molecule has 3 aromatic rings. The zero-order valence-electron chi connectivity index (χ0n) is 21.9. The van der Waals surface area contributed by atoms with E-state index in [1.165, 1.54) is 12.0 Å². The normalized spacial score (nSPS) is 11.9. The van der Waals surface area contributed by atoms with E-state index in [2.05, 4.69) is 5.32 Å². The fourth-order valence-electron chi connectivity index (χ4n) is 4.04. The number of ether oxygens (including phenoxy) is 1. The summed E-state index contributed by atoms with van der Waals surface area (Å²) in [6.07, 6.45) is 1.24. The van der Waals surface area contributed by atoms with Gasteiger partial charge < -0.3 is 15.0 Å². The van der Waals surface area contributed by atoms with E-state index in [1.807, 2.05) is 30.3 Å². The third kappa shape index (κ3) is 8.36. The molecule has 39 heavy (non-hydrogen) atoms. The maximum Gasteiger partial charge on any atom is 0.244 e. The maximum atomic E-state index is 14.0. The van der Waals surface area contributed by atoms with Crippen molar-refractivity contribution in [3.63, 3.8) is 0 Å². The summed E-state index contributed by atoms with van der Waals surface area (Å²) in [5, 5.41) is 3.55. The fraction of sp³-hybridized carbons (Fsp3) is 0.286. The minimum absolute atomic E-state index is 0.0380. The van der Waals surface area contributed by atoms with Gasteiger partial charge in [-0.2, -0.15) is 0 Å². The van der Waals surface area contributed by atoms with Gasteiger partial charge in [0.1, 0.15) is 18.3 Å². The van der Waals surface area contributed by atoms with E-state index in [4.69, 9.17) is 27.9 Å². The highest BCUT2D eigenvalue weighted by molar-refractivity contribution is 7.92. The van der Waals surface area contributed by atoms with Crippen molar-refractivity contribution in [3.8, 4) is 5.75 Å². The molecule has 0 fully saturated rings. The van der Waals surface area contributed by atoms with Crippen molar-refractivity contribution in [1.29, 1.82) is 0 Å². The van der Waals surface area contributed by atoms with Crippen LogP contribution in [0.5, 0.6) is 5.75 Å². The van der Waals surface area contributed by atoms with Crippen molar-refractivity contribution < 1.29 is 22.7 Å². The van der Waals surface area contributed by atoms with Crippen molar-refractivity contribution in [1.82, 2.24) is 10.2 Å². The molecule has 0 aromatic heterocycles. The number of carbonyl (C=O) groups is 2. The lowest BCUT2D eigenvalue weighted by Crippen LogP contribution is -2.53. The number of amides is 2. The molecule has 3 aromatic carbocycles. The van der Waals surface area contributed by atoms with Crippen molar-refractivity contribution in [2.75, 3.05) is 30.8 Å². The second-order valence-electron chi connectivity index (χ2n) is 8.83. The van der Waals surface area contributed by atoms with Crippen LogP contribution in [0.25, 0.3) is 0 Å². The number of carbonyl (C=O) groups excluding carboxylic acids is 2. The van der Waals surface area contributed by atoms with E-state index in [0.717, 1.165) is 16.1 Å². The van der Waals surface area contributed by atoms with Crippen molar-refractivity contribution in [2.45, 2.75) is 25.9 Å². The number of likely N-dealkylation sites (N-methyl/N-ethyl adjacent to an activating group) is 1. The molecule has 0 spiro atoms. The van der Waals surface area contributed by atoms with Crippen molar-refractivity contribution in [3.05, 3.63) is 94.0 Å². The monoisotopic (exact) mass is 591 g/mol. The van der Waals surface area contributed by atoms with E-state index < -0.39 is 28.5 Å². The molecule has 0 saturated heterocycles. The summed E-state index contributed by atoms with van der Waals surface area (Å²) < 4.78 is 31.8. The molecule has 0 aliphatic heterocycles. The molecule has 208 valence electrons. The minimum Gasteiger partial charge on any atom is -0.497 e. The quantitative estimate of drug-likeness (QED) is 0.333. The van der Waals surface area contributed by atoms with Crippen LogP contribution >= 0.6 is 23.2 Å². The van der Waals surface area contributed by atoms with Gasteiger partial charge in [-0.15, -0.1) is 0 Å². The Bertz CT molecular complexity index is 1390. The Morgan fingerprint density at radius 2 is 1.67 bits per heavy atom. The van der Waals surface area contributed by atoms with Gasteiger partial charge in [-0.1, -0.05) is 59.6 Å². The van der Waals surface area contributed by atoms with Crippen molar-refractivity contribution >= 4 is 50.7 Å². The molecule has 11 heteroatoms. The van der Waals surface area contributed by atoms with Gasteiger partial charge in [0.2, 0.25) is 21.8 Å². The lowest BCUT2D eigenvalue weighted by molar-refractivity contribution is -0.140. The number of rotatable bonds is 12. The van der Waals surface area contributed by atoms with Gasteiger partial charge in [0.05, 0.1) is 19.1 Å². The van der Waals surface area contributed by atoms with E-state index in [0.29, 0.717) is 27.9 Å². The number of nitrogens with one attached hydrogen (secondary N) is 1. The van der Waals surface area contributed by atoms with Gasteiger partial charge in [-0.3, -0.25) is 13.9 Å². The molecule has 0 heterocycles. The number of nitrogens with zero attached hydrogens (tertiary/aromatic N) is 2. The Hall–Kier alpha value is -3.27. The average molecular weight is 593 g/mol. The van der Waals surface area contributed by atoms with Crippen LogP contribution in [0.2, 0.25) is 10.0 Å². The summed E-state index contributed by atoms with van der Waals surface area (Å²) in [7, 11) is -2.37. The predicted octanol–water partition coefficient (Wildman–Crippen LogP) is 4.54. The van der Waals surface area contributed by atoms with Gasteiger partial charge in [-0.05, 0) is 54.4 Å². The summed E-state index contributed by atoms with van der Waals surface area (Å²) in [5.41, 5.74) is 1.68. The summed E-state index contributed by atoms with van der Waals surface area (Å²) in [6, 6.07) is 19.5. The largest absolute Gasteiger partial charge is 0.497 e. The Labute approximate surface area is 239 Å². The zero-order valence-corrected chi connectivity index (χ0v) is 24.3. The predicted molar refractivity (Wildman–Crippen MR) is 155 cm³/mol. The molecule has 2 amide bonds. The van der Waals surface area contributed by atoms with E-state index in [9.17, 15) is 18.0 Å². The molecule has 1 N–H and O–H groups in total. The van der Waals surface area contributed by atoms with E-state index >= 15 is 0 Å². The smallest absolute Gasteiger partial charge is 0.244 e. The zero-order chi connectivity index (χ0) is 28.6. The molecular formula is C28H31Cl2N3O5S. The van der Waals surface area contributed by atoms with Gasteiger partial charge in [0.15, 0.2) is 0 Å². The number of anilines is 1. The van der Waals surface area contributed by atoms with Crippen LogP contribution in [0.1, 0.15) is 18.1 Å². The number of hydrogen-bond donors (Lipinski definition) is 1. The number of sulfonamides is 1. The Morgan fingerprint density at radius 3 is 2.23 bits per heavy atom. The third-order valence-electron chi connectivity index (χ3n) is 6.02. The number of hydrogen-bond acceptors (Lipinski definition) is 5. The molecule has 8 nitrogen and oxygen atoms in total. The summed E-state index contributed by atoms with van der Waals surface area (Å²) in [5.74, 6) is -0.402. The molecule has 1 atom stereocenters. The fourth-order valence-corrected chi connectivity index (χ4v) is 5.36. The first kappa shape index (κ1) is 30.3. The first-order chi connectivity index (χ1) is 18.5. The van der Waals surface area contributed by atoms with Gasteiger partial charge >= 0.3 is 0 Å². The number of methoxy groups -OCH3 is 1. The Balaban J connectivity index is 2.05. The lowest BCUT2D eigenvalue weighted by Gasteiger charge is -2.33. The number of halogens is 2. The molecule has 0 bridgehead atoms. The first-order valence-electron chi connectivity index (χ1n) is 12.2. The second kappa shape index (κ2) is 13.7. The standard InChI is InChI=1S/C28H31Cl2N3O5S/c1-4-31-28(35)26(16-20-8-6-5-7-9-20)32(18-21-10-11-22(29)17-25(21)30)27(34)19-33(39(3,36)37)23-12-14-24(38-2)15-13-23/h5-15,17,26H,4,16,18-19H2,1-3H3,(H,31,35). The van der Waals surface area contributed by atoms with Gasteiger partial charge in [0, 0.05) is 29.6 Å². The molecule has 1 unspecified atom stereocenters. The van der Waals surface area contributed by atoms with Crippen LogP contribution in [-0.2, 0) is 32.6 Å². The third-order valence-corrected chi connectivity index (χ3v) is 7.75. The first-order valence-corrected chi connectivity index (χ1v) is 14.8. The van der Waals surface area contributed by atoms with Crippen LogP contribution in [0.15, 0.2) is 72.8 Å². The lowest BCUT2D eigenvalue weighted by atomic mass is 10.0. The van der Waals surface area contributed by atoms with Crippen LogP contribution < -0.4 is 14.4 Å². The molecule has 0 radical (unpaired) electrons. The Kier molecular flexibility index (Phi) is 10.6. The summed E-state index contributed by atoms with van der Waals surface area (Å²) >= 11 is 12.5.